The zero-order chi connectivity index (χ0) is 11.4. The predicted molar refractivity (Wildman–Crippen MR) is 57.3 cm³/mol. The Morgan fingerprint density at radius 3 is 2.60 bits per heavy atom. The minimum atomic E-state index is -0.722. The van der Waals surface area contributed by atoms with Crippen LogP contribution in [-0.2, 0) is 14.3 Å². The van der Waals surface area contributed by atoms with Crippen LogP contribution in [0.25, 0.3) is 0 Å². The lowest BCUT2D eigenvalue weighted by Gasteiger charge is -2.36. The van der Waals surface area contributed by atoms with Gasteiger partial charge in [-0.1, -0.05) is 27.2 Å². The van der Waals surface area contributed by atoms with Gasteiger partial charge in [-0.3, -0.25) is 4.79 Å². The Morgan fingerprint density at radius 2 is 2.07 bits per heavy atom. The minimum absolute atomic E-state index is 0.0635. The fraction of sp³-hybridized carbons (Fsp3) is 0.833. The monoisotopic (exact) mass is 212 g/mol. The Morgan fingerprint density at radius 1 is 1.40 bits per heavy atom. The van der Waals surface area contributed by atoms with Gasteiger partial charge in [-0.2, -0.15) is 0 Å². The van der Waals surface area contributed by atoms with E-state index in [1.807, 2.05) is 0 Å². The van der Waals surface area contributed by atoms with Gasteiger partial charge in [-0.05, 0) is 30.6 Å². The Kier molecular flexibility index (Phi) is 4.30. The van der Waals surface area contributed by atoms with Gasteiger partial charge in [0, 0.05) is 0 Å². The third-order valence-electron chi connectivity index (χ3n) is 3.33. The summed E-state index contributed by atoms with van der Waals surface area (Å²) >= 11 is 0. The van der Waals surface area contributed by atoms with Crippen molar-refractivity contribution >= 4 is 12.3 Å². The summed E-state index contributed by atoms with van der Waals surface area (Å²) in [6.45, 7) is 6.45. The van der Waals surface area contributed by atoms with E-state index in [4.69, 9.17) is 4.74 Å². The average molecular weight is 212 g/mol. The molecule has 86 valence electrons. The lowest BCUT2D eigenvalue weighted by atomic mass is 9.75. The molecular formula is C12H20O3. The van der Waals surface area contributed by atoms with Crippen molar-refractivity contribution in [3.05, 3.63) is 0 Å². The van der Waals surface area contributed by atoms with Crippen LogP contribution in [0.5, 0.6) is 0 Å². The number of aldehydes is 1. The summed E-state index contributed by atoms with van der Waals surface area (Å²) < 4.78 is 5.18. The molecule has 15 heavy (non-hydrogen) atoms. The first-order valence-electron chi connectivity index (χ1n) is 5.70. The first-order valence-corrected chi connectivity index (χ1v) is 5.70. The van der Waals surface area contributed by atoms with Gasteiger partial charge >= 0.3 is 5.97 Å². The lowest BCUT2D eigenvalue weighted by molar-refractivity contribution is -0.158. The maximum Gasteiger partial charge on any atom is 0.371 e. The van der Waals surface area contributed by atoms with Crippen LogP contribution in [0.3, 0.4) is 0 Å². The van der Waals surface area contributed by atoms with E-state index >= 15 is 0 Å². The van der Waals surface area contributed by atoms with Crippen LogP contribution in [0.4, 0.5) is 0 Å². The molecule has 3 heteroatoms. The molecule has 3 atom stereocenters. The molecule has 0 unspecified atom stereocenters. The zero-order valence-electron chi connectivity index (χ0n) is 9.73. The smallest absolute Gasteiger partial charge is 0.371 e. The molecule has 1 fully saturated rings. The Bertz CT molecular complexity index is 235. The van der Waals surface area contributed by atoms with Crippen molar-refractivity contribution in [2.45, 2.75) is 46.1 Å². The molecule has 0 saturated heterocycles. The van der Waals surface area contributed by atoms with E-state index in [-0.39, 0.29) is 12.4 Å². The number of carbonyl (C=O) groups excluding carboxylic acids is 2. The number of ether oxygens (including phenoxy) is 1. The Labute approximate surface area is 91.2 Å². The lowest BCUT2D eigenvalue weighted by Crippen LogP contribution is -2.36. The molecule has 0 heterocycles. The van der Waals surface area contributed by atoms with E-state index in [0.717, 1.165) is 12.8 Å². The van der Waals surface area contributed by atoms with Crippen LogP contribution in [0.15, 0.2) is 0 Å². The SMILES string of the molecule is CC(C)[C@H]1CC[C@H](C)C[C@H]1OC(=O)C=O. The fourth-order valence-electron chi connectivity index (χ4n) is 2.43. The summed E-state index contributed by atoms with van der Waals surface area (Å²) in [6, 6.07) is 0. The molecule has 1 aliphatic rings. The minimum Gasteiger partial charge on any atom is -0.457 e. The van der Waals surface area contributed by atoms with Gasteiger partial charge in [0.25, 0.3) is 0 Å². The van der Waals surface area contributed by atoms with Crippen molar-refractivity contribution in [2.75, 3.05) is 0 Å². The molecule has 0 aromatic carbocycles. The van der Waals surface area contributed by atoms with Gasteiger partial charge in [0.1, 0.15) is 6.10 Å². The highest BCUT2D eigenvalue weighted by atomic mass is 16.5. The predicted octanol–water partition coefficient (Wildman–Crippen LogP) is 2.19. The molecule has 0 aromatic heterocycles. The Hall–Kier alpha value is -0.860. The number of hydrogen-bond donors (Lipinski definition) is 0. The molecular weight excluding hydrogens is 192 g/mol. The van der Waals surface area contributed by atoms with Crippen molar-refractivity contribution in [3.8, 4) is 0 Å². The van der Waals surface area contributed by atoms with E-state index in [1.54, 1.807) is 0 Å². The normalized spacial score (nSPS) is 31.3. The highest BCUT2D eigenvalue weighted by Crippen LogP contribution is 2.35. The van der Waals surface area contributed by atoms with Crippen molar-refractivity contribution in [1.29, 1.82) is 0 Å². The maximum absolute atomic E-state index is 11.0. The summed E-state index contributed by atoms with van der Waals surface area (Å²) in [7, 11) is 0. The van der Waals surface area contributed by atoms with Crippen LogP contribution in [0.1, 0.15) is 40.0 Å². The van der Waals surface area contributed by atoms with E-state index in [2.05, 4.69) is 20.8 Å². The molecule has 0 aliphatic heterocycles. The first kappa shape index (κ1) is 12.2. The molecule has 0 amide bonds. The summed E-state index contributed by atoms with van der Waals surface area (Å²) in [4.78, 5) is 21.2. The molecule has 1 rings (SSSR count). The van der Waals surface area contributed by atoms with E-state index in [1.165, 1.54) is 6.42 Å². The van der Waals surface area contributed by atoms with Gasteiger partial charge in [-0.15, -0.1) is 0 Å². The second-order valence-corrected chi connectivity index (χ2v) is 4.92. The second kappa shape index (κ2) is 5.29. The molecule has 0 aromatic rings. The summed E-state index contributed by atoms with van der Waals surface area (Å²) in [5, 5.41) is 0. The molecule has 0 bridgehead atoms. The highest BCUT2D eigenvalue weighted by Gasteiger charge is 2.33. The van der Waals surface area contributed by atoms with Crippen LogP contribution >= 0.6 is 0 Å². The van der Waals surface area contributed by atoms with Gasteiger partial charge in [0.15, 0.2) is 0 Å². The second-order valence-electron chi connectivity index (χ2n) is 4.92. The topological polar surface area (TPSA) is 43.4 Å². The number of rotatable bonds is 3. The molecule has 1 aliphatic carbocycles. The van der Waals surface area contributed by atoms with E-state index in [9.17, 15) is 9.59 Å². The number of carbonyl (C=O) groups is 2. The van der Waals surface area contributed by atoms with Crippen LogP contribution in [0.2, 0.25) is 0 Å². The van der Waals surface area contributed by atoms with E-state index < -0.39 is 5.97 Å². The van der Waals surface area contributed by atoms with Gasteiger partial charge < -0.3 is 4.74 Å². The van der Waals surface area contributed by atoms with Crippen molar-refractivity contribution < 1.29 is 14.3 Å². The summed E-state index contributed by atoms with van der Waals surface area (Å²) in [5.41, 5.74) is 0. The molecule has 1 saturated carbocycles. The van der Waals surface area contributed by atoms with Crippen LogP contribution < -0.4 is 0 Å². The van der Waals surface area contributed by atoms with Crippen molar-refractivity contribution in [3.63, 3.8) is 0 Å². The highest BCUT2D eigenvalue weighted by molar-refractivity contribution is 6.20. The largest absolute Gasteiger partial charge is 0.457 e. The molecule has 0 spiro atoms. The fourth-order valence-corrected chi connectivity index (χ4v) is 2.43. The third-order valence-corrected chi connectivity index (χ3v) is 3.33. The quantitative estimate of drug-likeness (QED) is 0.409. The average Bonchev–Trinajstić information content (AvgIpc) is 2.17. The van der Waals surface area contributed by atoms with E-state index in [0.29, 0.717) is 17.8 Å². The first-order chi connectivity index (χ1) is 7.04. The maximum atomic E-state index is 11.0. The van der Waals surface area contributed by atoms with Gasteiger partial charge in [0.05, 0.1) is 0 Å². The van der Waals surface area contributed by atoms with Crippen molar-refractivity contribution in [1.82, 2.24) is 0 Å². The molecule has 3 nitrogen and oxygen atoms in total. The molecule has 0 N–H and O–H groups in total. The van der Waals surface area contributed by atoms with Gasteiger partial charge in [-0.25, -0.2) is 4.79 Å². The summed E-state index contributed by atoms with van der Waals surface area (Å²) in [5.74, 6) is 0.774. The summed E-state index contributed by atoms with van der Waals surface area (Å²) in [6.07, 6.45) is 3.37. The van der Waals surface area contributed by atoms with Crippen molar-refractivity contribution in [2.24, 2.45) is 17.8 Å². The Balaban J connectivity index is 2.61. The third kappa shape index (κ3) is 3.33. The number of esters is 1. The number of hydrogen-bond acceptors (Lipinski definition) is 3. The standard InChI is InChI=1S/C12H20O3/c1-8(2)10-5-4-9(3)6-11(10)15-12(14)7-13/h7-11H,4-6H2,1-3H3/t9-,10+,11+/m0/s1. The van der Waals surface area contributed by atoms with Crippen LogP contribution in [-0.4, -0.2) is 18.4 Å². The van der Waals surface area contributed by atoms with Crippen LogP contribution in [0, 0.1) is 17.8 Å². The molecule has 0 radical (unpaired) electrons. The zero-order valence-corrected chi connectivity index (χ0v) is 9.73. The van der Waals surface area contributed by atoms with Gasteiger partial charge in [0.2, 0.25) is 6.29 Å².